The van der Waals surface area contributed by atoms with Gasteiger partial charge in [-0.3, -0.25) is 4.90 Å². The maximum absolute atomic E-state index is 3.55. The van der Waals surface area contributed by atoms with Crippen molar-refractivity contribution in [1.29, 1.82) is 0 Å². The summed E-state index contributed by atoms with van der Waals surface area (Å²) in [6.45, 7) is 7.12. The Labute approximate surface area is 129 Å². The predicted octanol–water partition coefficient (Wildman–Crippen LogP) is 3.57. The van der Waals surface area contributed by atoms with Crippen molar-refractivity contribution in [3.63, 3.8) is 0 Å². The molecule has 1 N–H and O–H groups in total. The second-order valence-electron chi connectivity index (χ2n) is 6.90. The summed E-state index contributed by atoms with van der Waals surface area (Å²) in [5.41, 5.74) is 1.92. The Balaban J connectivity index is 1.81. The zero-order valence-corrected chi connectivity index (χ0v) is 13.5. The van der Waals surface area contributed by atoms with E-state index in [-0.39, 0.29) is 0 Å². The molecule has 1 aliphatic heterocycles. The smallest absolute Gasteiger partial charge is 0.0104 e. The Morgan fingerprint density at radius 1 is 1.10 bits per heavy atom. The molecule has 1 aliphatic carbocycles. The van der Waals surface area contributed by atoms with Gasteiger partial charge in [0.15, 0.2) is 0 Å². The van der Waals surface area contributed by atoms with Gasteiger partial charge in [-0.1, -0.05) is 50.1 Å². The minimum absolute atomic E-state index is 0.366. The van der Waals surface area contributed by atoms with Crippen molar-refractivity contribution in [2.45, 2.75) is 56.9 Å². The highest BCUT2D eigenvalue weighted by Gasteiger charge is 2.37. The minimum atomic E-state index is 0.366. The number of nitrogens with one attached hydrogen (secondary N) is 1. The van der Waals surface area contributed by atoms with Crippen molar-refractivity contribution < 1.29 is 0 Å². The van der Waals surface area contributed by atoms with Crippen molar-refractivity contribution in [2.24, 2.45) is 0 Å². The topological polar surface area (TPSA) is 15.3 Å². The molecule has 21 heavy (non-hydrogen) atoms. The Morgan fingerprint density at radius 2 is 1.76 bits per heavy atom. The van der Waals surface area contributed by atoms with E-state index in [4.69, 9.17) is 0 Å². The summed E-state index contributed by atoms with van der Waals surface area (Å²) in [5.74, 6) is 0. The van der Waals surface area contributed by atoms with Crippen molar-refractivity contribution in [3.05, 3.63) is 35.9 Å². The van der Waals surface area contributed by atoms with E-state index in [2.05, 4.69) is 47.5 Å². The van der Waals surface area contributed by atoms with Crippen LogP contribution >= 0.6 is 0 Å². The van der Waals surface area contributed by atoms with E-state index in [1.807, 2.05) is 0 Å². The molecule has 2 nitrogen and oxygen atoms in total. The molecule has 2 aliphatic rings. The monoisotopic (exact) mass is 286 g/mol. The van der Waals surface area contributed by atoms with Gasteiger partial charge in [0.2, 0.25) is 0 Å². The number of likely N-dealkylation sites (N-methyl/N-ethyl adjacent to an activating group) is 1. The lowest BCUT2D eigenvalue weighted by Gasteiger charge is -2.43. The molecule has 1 saturated carbocycles. The predicted molar refractivity (Wildman–Crippen MR) is 89.7 cm³/mol. The summed E-state index contributed by atoms with van der Waals surface area (Å²) < 4.78 is 0. The number of piperidine rings is 1. The summed E-state index contributed by atoms with van der Waals surface area (Å²) >= 11 is 0. The van der Waals surface area contributed by atoms with Crippen molar-refractivity contribution in [2.75, 3.05) is 26.2 Å². The molecule has 0 aromatic heterocycles. The van der Waals surface area contributed by atoms with Gasteiger partial charge in [-0.25, -0.2) is 0 Å². The largest absolute Gasteiger partial charge is 0.317 e. The second-order valence-corrected chi connectivity index (χ2v) is 6.90. The summed E-state index contributed by atoms with van der Waals surface area (Å²) in [4.78, 5) is 2.78. The van der Waals surface area contributed by atoms with Gasteiger partial charge in [-0.05, 0) is 50.9 Å². The maximum Gasteiger partial charge on any atom is 0.0104 e. The maximum atomic E-state index is 3.55. The number of hydrogen-bond donors (Lipinski definition) is 1. The fourth-order valence-electron chi connectivity index (χ4n) is 4.39. The molecular formula is C19H30N2. The van der Waals surface area contributed by atoms with E-state index >= 15 is 0 Å². The molecule has 0 bridgehead atoms. The molecule has 2 fully saturated rings. The lowest BCUT2D eigenvalue weighted by molar-refractivity contribution is 0.137. The number of nitrogens with zero attached hydrogens (tertiary/aromatic N) is 1. The molecule has 1 aromatic carbocycles. The third-order valence-electron chi connectivity index (χ3n) is 5.70. The van der Waals surface area contributed by atoms with Crippen molar-refractivity contribution >= 4 is 0 Å². The number of hydrogen-bond acceptors (Lipinski definition) is 2. The van der Waals surface area contributed by atoms with Crippen LogP contribution in [0.3, 0.4) is 0 Å². The molecule has 2 heteroatoms. The molecular weight excluding hydrogens is 256 g/mol. The first-order valence-corrected chi connectivity index (χ1v) is 8.84. The Kier molecular flexibility index (Phi) is 4.97. The van der Waals surface area contributed by atoms with Gasteiger partial charge < -0.3 is 5.32 Å². The van der Waals surface area contributed by atoms with Gasteiger partial charge in [0.05, 0.1) is 0 Å². The molecule has 1 heterocycles. The SMILES string of the molecule is CCN(CC1(c2ccccc2)CCNCC1)C1CCCC1. The van der Waals surface area contributed by atoms with Crippen LogP contribution in [0.4, 0.5) is 0 Å². The normalized spacial score (nSPS) is 22.8. The second kappa shape index (κ2) is 6.93. The highest BCUT2D eigenvalue weighted by Crippen LogP contribution is 2.36. The summed E-state index contributed by atoms with van der Waals surface area (Å²) in [6, 6.07) is 12.1. The van der Waals surface area contributed by atoms with Crippen LogP contribution in [0, 0.1) is 0 Å². The molecule has 1 aromatic rings. The summed E-state index contributed by atoms with van der Waals surface area (Å²) in [7, 11) is 0. The first kappa shape index (κ1) is 15.1. The molecule has 1 saturated heterocycles. The average molecular weight is 286 g/mol. The van der Waals surface area contributed by atoms with Gasteiger partial charge in [0, 0.05) is 18.0 Å². The quantitative estimate of drug-likeness (QED) is 0.890. The van der Waals surface area contributed by atoms with Crippen molar-refractivity contribution in [3.8, 4) is 0 Å². The minimum Gasteiger partial charge on any atom is -0.317 e. The number of benzene rings is 1. The fourth-order valence-corrected chi connectivity index (χ4v) is 4.39. The van der Waals surface area contributed by atoms with Crippen LogP contribution in [-0.4, -0.2) is 37.1 Å². The Morgan fingerprint density at radius 3 is 2.38 bits per heavy atom. The summed E-state index contributed by atoms with van der Waals surface area (Å²) in [6.07, 6.45) is 8.25. The van der Waals surface area contributed by atoms with E-state index < -0.39 is 0 Å². The van der Waals surface area contributed by atoms with Gasteiger partial charge in [-0.15, -0.1) is 0 Å². The Hall–Kier alpha value is -0.860. The standard InChI is InChI=1S/C19H30N2/c1-2-21(18-10-6-7-11-18)16-19(12-14-20-15-13-19)17-8-4-3-5-9-17/h3-5,8-9,18,20H,2,6-7,10-16H2,1H3. The van der Waals surface area contributed by atoms with E-state index in [1.54, 1.807) is 5.56 Å². The van der Waals surface area contributed by atoms with Crippen LogP contribution in [0.15, 0.2) is 30.3 Å². The lowest BCUT2D eigenvalue weighted by Crippen LogP contribution is -2.49. The number of rotatable bonds is 5. The van der Waals surface area contributed by atoms with E-state index in [0.717, 1.165) is 19.1 Å². The fraction of sp³-hybridized carbons (Fsp3) is 0.684. The molecule has 0 atom stereocenters. The molecule has 0 radical (unpaired) electrons. The van der Waals surface area contributed by atoms with Crippen LogP contribution in [0.2, 0.25) is 0 Å². The Bertz CT molecular complexity index is 416. The molecule has 116 valence electrons. The zero-order valence-electron chi connectivity index (χ0n) is 13.5. The highest BCUT2D eigenvalue weighted by atomic mass is 15.2. The van der Waals surface area contributed by atoms with Gasteiger partial charge >= 0.3 is 0 Å². The van der Waals surface area contributed by atoms with E-state index in [1.165, 1.54) is 51.6 Å². The first-order chi connectivity index (χ1) is 10.3. The van der Waals surface area contributed by atoms with Gasteiger partial charge in [-0.2, -0.15) is 0 Å². The third kappa shape index (κ3) is 3.32. The van der Waals surface area contributed by atoms with Crippen LogP contribution in [0.25, 0.3) is 0 Å². The molecule has 0 amide bonds. The third-order valence-corrected chi connectivity index (χ3v) is 5.70. The molecule has 0 unspecified atom stereocenters. The zero-order chi connectivity index (χ0) is 14.5. The van der Waals surface area contributed by atoms with Gasteiger partial charge in [0.1, 0.15) is 0 Å². The van der Waals surface area contributed by atoms with Crippen molar-refractivity contribution in [1.82, 2.24) is 10.2 Å². The van der Waals surface area contributed by atoms with Crippen LogP contribution < -0.4 is 5.32 Å². The average Bonchev–Trinajstić information content (AvgIpc) is 3.09. The first-order valence-electron chi connectivity index (χ1n) is 8.84. The summed E-state index contributed by atoms with van der Waals surface area (Å²) in [5, 5.41) is 3.55. The molecule has 0 spiro atoms. The highest BCUT2D eigenvalue weighted by molar-refractivity contribution is 5.27. The molecule has 3 rings (SSSR count). The van der Waals surface area contributed by atoms with Crippen LogP contribution in [0.5, 0.6) is 0 Å². The van der Waals surface area contributed by atoms with Crippen LogP contribution in [-0.2, 0) is 5.41 Å². The van der Waals surface area contributed by atoms with E-state index in [9.17, 15) is 0 Å². The lowest BCUT2D eigenvalue weighted by atomic mass is 9.72. The van der Waals surface area contributed by atoms with Gasteiger partial charge in [0.25, 0.3) is 0 Å². The van der Waals surface area contributed by atoms with Crippen LogP contribution in [0.1, 0.15) is 51.0 Å². The van der Waals surface area contributed by atoms with E-state index in [0.29, 0.717) is 5.41 Å².